The molecule has 0 spiro atoms. The van der Waals surface area contributed by atoms with Gasteiger partial charge in [-0.25, -0.2) is 0 Å². The lowest BCUT2D eigenvalue weighted by atomic mass is 10.2. The van der Waals surface area contributed by atoms with Crippen molar-refractivity contribution in [3.63, 3.8) is 0 Å². The molecule has 1 saturated heterocycles. The van der Waals surface area contributed by atoms with Crippen LogP contribution in [-0.2, 0) is 0 Å². The third kappa shape index (κ3) is 1.32. The number of nitrogens with zero attached hydrogens (tertiary/aromatic N) is 3. The van der Waals surface area contributed by atoms with Crippen molar-refractivity contribution in [3.05, 3.63) is 30.5 Å². The minimum Gasteiger partial charge on any atom is -0.452 e. The molecule has 4 nitrogen and oxygen atoms in total. The average Bonchev–Trinajstić information content (AvgIpc) is 3.05. The van der Waals surface area contributed by atoms with Gasteiger partial charge in [0.1, 0.15) is 5.58 Å². The fourth-order valence-corrected chi connectivity index (χ4v) is 2.68. The number of hydrogen-bond donors (Lipinski definition) is 0. The first-order valence-corrected chi connectivity index (χ1v) is 6.31. The third-order valence-electron chi connectivity index (χ3n) is 3.58. The van der Waals surface area contributed by atoms with Crippen LogP contribution in [0.4, 0.5) is 5.82 Å². The van der Waals surface area contributed by atoms with Gasteiger partial charge >= 0.3 is 0 Å². The molecule has 3 aromatic rings. The molecule has 0 unspecified atom stereocenters. The van der Waals surface area contributed by atoms with Crippen molar-refractivity contribution >= 4 is 27.8 Å². The van der Waals surface area contributed by atoms with Crippen LogP contribution in [0.2, 0.25) is 0 Å². The summed E-state index contributed by atoms with van der Waals surface area (Å²) >= 11 is 0. The summed E-state index contributed by atoms with van der Waals surface area (Å²) < 4.78 is 5.95. The number of para-hydroxylation sites is 1. The van der Waals surface area contributed by atoms with Crippen LogP contribution in [0.5, 0.6) is 0 Å². The Labute approximate surface area is 104 Å². The number of hydrogen-bond acceptors (Lipinski definition) is 4. The van der Waals surface area contributed by atoms with Crippen molar-refractivity contribution < 1.29 is 4.42 Å². The first-order valence-electron chi connectivity index (χ1n) is 6.31. The smallest absolute Gasteiger partial charge is 0.195 e. The fourth-order valence-electron chi connectivity index (χ4n) is 2.68. The van der Waals surface area contributed by atoms with E-state index in [1.54, 1.807) is 6.20 Å². The molecule has 1 fully saturated rings. The van der Waals surface area contributed by atoms with Crippen molar-refractivity contribution in [3.8, 4) is 0 Å². The van der Waals surface area contributed by atoms with Crippen LogP contribution >= 0.6 is 0 Å². The first kappa shape index (κ1) is 9.88. The van der Waals surface area contributed by atoms with Gasteiger partial charge in [-0.1, -0.05) is 18.2 Å². The minimum atomic E-state index is 0.869. The molecule has 18 heavy (non-hydrogen) atoms. The molecule has 1 aliphatic heterocycles. The molecule has 2 aromatic heterocycles. The molecule has 0 aliphatic carbocycles. The second-order valence-electron chi connectivity index (χ2n) is 4.70. The Morgan fingerprint density at radius 1 is 1.06 bits per heavy atom. The van der Waals surface area contributed by atoms with Gasteiger partial charge in [0, 0.05) is 18.5 Å². The number of aromatic nitrogens is 2. The summed E-state index contributed by atoms with van der Waals surface area (Å²) in [5.41, 5.74) is 1.77. The highest BCUT2D eigenvalue weighted by Crippen LogP contribution is 2.33. The Kier molecular flexibility index (Phi) is 2.03. The molecular formula is C14H13N3O. The van der Waals surface area contributed by atoms with Gasteiger partial charge in [-0.05, 0) is 18.9 Å². The highest BCUT2D eigenvalue weighted by Gasteiger charge is 2.20. The van der Waals surface area contributed by atoms with Gasteiger partial charge in [-0.15, -0.1) is 5.10 Å². The summed E-state index contributed by atoms with van der Waals surface area (Å²) in [6.07, 6.45) is 4.23. The fraction of sp³-hybridized carbons (Fsp3) is 0.286. The summed E-state index contributed by atoms with van der Waals surface area (Å²) in [5.74, 6) is 0.890. The monoisotopic (exact) mass is 239 g/mol. The maximum Gasteiger partial charge on any atom is 0.195 e. The van der Waals surface area contributed by atoms with Crippen molar-refractivity contribution in [1.29, 1.82) is 0 Å². The van der Waals surface area contributed by atoms with Gasteiger partial charge in [0.25, 0.3) is 0 Å². The predicted molar refractivity (Wildman–Crippen MR) is 70.8 cm³/mol. The van der Waals surface area contributed by atoms with Crippen LogP contribution in [0.1, 0.15) is 12.8 Å². The molecule has 90 valence electrons. The van der Waals surface area contributed by atoms with E-state index in [1.807, 2.05) is 18.2 Å². The second-order valence-corrected chi connectivity index (χ2v) is 4.70. The SMILES string of the molecule is c1ccc2c(c1)oc1c(N3CCCC3)nncc12. The Balaban J connectivity index is 2.03. The summed E-state index contributed by atoms with van der Waals surface area (Å²) in [7, 11) is 0. The third-order valence-corrected chi connectivity index (χ3v) is 3.58. The van der Waals surface area contributed by atoms with E-state index in [4.69, 9.17) is 4.42 Å². The maximum absolute atomic E-state index is 5.95. The van der Waals surface area contributed by atoms with Crippen LogP contribution < -0.4 is 4.90 Å². The molecule has 0 N–H and O–H groups in total. The Morgan fingerprint density at radius 2 is 1.89 bits per heavy atom. The first-order chi connectivity index (χ1) is 8.93. The zero-order valence-corrected chi connectivity index (χ0v) is 9.97. The maximum atomic E-state index is 5.95. The molecule has 0 amide bonds. The van der Waals surface area contributed by atoms with Gasteiger partial charge in [0.05, 0.1) is 11.6 Å². The summed E-state index contributed by atoms with van der Waals surface area (Å²) in [4.78, 5) is 2.26. The Bertz CT molecular complexity index is 713. The second kappa shape index (κ2) is 3.70. The number of fused-ring (bicyclic) bond motifs is 3. The van der Waals surface area contributed by atoms with E-state index in [2.05, 4.69) is 21.2 Å². The number of anilines is 1. The lowest BCUT2D eigenvalue weighted by Crippen LogP contribution is -2.19. The van der Waals surface area contributed by atoms with E-state index in [0.29, 0.717) is 0 Å². The van der Waals surface area contributed by atoms with Gasteiger partial charge in [-0.3, -0.25) is 0 Å². The molecule has 0 radical (unpaired) electrons. The van der Waals surface area contributed by atoms with Crippen molar-refractivity contribution in [1.82, 2.24) is 10.2 Å². The lowest BCUT2D eigenvalue weighted by Gasteiger charge is -2.14. The molecule has 3 heterocycles. The van der Waals surface area contributed by atoms with Crippen molar-refractivity contribution in [2.24, 2.45) is 0 Å². The Morgan fingerprint density at radius 3 is 2.78 bits per heavy atom. The van der Waals surface area contributed by atoms with Gasteiger partial charge < -0.3 is 9.32 Å². The summed E-state index contributed by atoms with van der Waals surface area (Å²) in [6.45, 7) is 2.09. The minimum absolute atomic E-state index is 0.869. The van der Waals surface area contributed by atoms with Crippen LogP contribution in [0.3, 0.4) is 0 Å². The van der Waals surface area contributed by atoms with E-state index in [9.17, 15) is 0 Å². The van der Waals surface area contributed by atoms with E-state index in [1.165, 1.54) is 12.8 Å². The summed E-state index contributed by atoms with van der Waals surface area (Å²) in [5, 5.41) is 10.6. The van der Waals surface area contributed by atoms with E-state index < -0.39 is 0 Å². The molecule has 0 saturated carbocycles. The highest BCUT2D eigenvalue weighted by atomic mass is 16.3. The lowest BCUT2D eigenvalue weighted by molar-refractivity contribution is 0.662. The van der Waals surface area contributed by atoms with Crippen LogP contribution in [-0.4, -0.2) is 23.3 Å². The largest absolute Gasteiger partial charge is 0.452 e. The quantitative estimate of drug-likeness (QED) is 0.654. The number of furan rings is 1. The van der Waals surface area contributed by atoms with Crippen molar-refractivity contribution in [2.45, 2.75) is 12.8 Å². The van der Waals surface area contributed by atoms with Crippen LogP contribution in [0.15, 0.2) is 34.9 Å². The van der Waals surface area contributed by atoms with Gasteiger partial charge in [0.2, 0.25) is 0 Å². The van der Waals surface area contributed by atoms with Crippen LogP contribution in [0.25, 0.3) is 21.9 Å². The standard InChI is InChI=1S/C14H13N3O/c1-2-6-12-10(5-1)11-9-15-16-14(13(11)18-12)17-7-3-4-8-17/h1-2,5-6,9H,3-4,7-8H2. The molecule has 4 rings (SSSR count). The number of rotatable bonds is 1. The normalized spacial score (nSPS) is 15.9. The molecule has 0 atom stereocenters. The number of benzene rings is 1. The molecule has 4 heteroatoms. The zero-order chi connectivity index (χ0) is 11.9. The van der Waals surface area contributed by atoms with E-state index in [0.717, 1.165) is 40.8 Å². The van der Waals surface area contributed by atoms with Crippen molar-refractivity contribution in [2.75, 3.05) is 18.0 Å². The van der Waals surface area contributed by atoms with Gasteiger partial charge in [0.15, 0.2) is 11.4 Å². The van der Waals surface area contributed by atoms with E-state index in [-0.39, 0.29) is 0 Å². The molecular weight excluding hydrogens is 226 g/mol. The Hall–Kier alpha value is -2.10. The van der Waals surface area contributed by atoms with E-state index >= 15 is 0 Å². The van der Waals surface area contributed by atoms with Crippen LogP contribution in [0, 0.1) is 0 Å². The highest BCUT2D eigenvalue weighted by molar-refractivity contribution is 6.07. The summed E-state index contributed by atoms with van der Waals surface area (Å²) in [6, 6.07) is 8.06. The zero-order valence-electron chi connectivity index (χ0n) is 9.97. The molecule has 0 bridgehead atoms. The average molecular weight is 239 g/mol. The predicted octanol–water partition coefficient (Wildman–Crippen LogP) is 2.98. The molecule has 1 aromatic carbocycles. The molecule has 1 aliphatic rings. The van der Waals surface area contributed by atoms with Gasteiger partial charge in [-0.2, -0.15) is 5.10 Å². The topological polar surface area (TPSA) is 42.2 Å².